The van der Waals surface area contributed by atoms with Crippen molar-refractivity contribution in [3.05, 3.63) is 53.8 Å². The number of aromatic nitrogens is 1. The highest BCUT2D eigenvalue weighted by Gasteiger charge is 2.24. The second-order valence-electron chi connectivity index (χ2n) is 6.56. The van der Waals surface area contributed by atoms with Crippen molar-refractivity contribution in [3.8, 4) is 0 Å². The Hall–Kier alpha value is -2.44. The quantitative estimate of drug-likeness (QED) is 0.658. The fourth-order valence-electron chi connectivity index (χ4n) is 3.10. The van der Waals surface area contributed by atoms with Gasteiger partial charge in [0.25, 0.3) is 5.91 Å². The zero-order chi connectivity index (χ0) is 17.5. The summed E-state index contributed by atoms with van der Waals surface area (Å²) in [5.41, 5.74) is 1.24. The number of quaternary nitrogens is 2. The molecule has 1 amide bonds. The third kappa shape index (κ3) is 5.55. The Labute approximate surface area is 148 Å². The maximum atomic E-state index is 12.1. The van der Waals surface area contributed by atoms with Crippen LogP contribution >= 0.6 is 0 Å². The molecule has 0 aliphatic carbocycles. The molecule has 6 heteroatoms. The van der Waals surface area contributed by atoms with Gasteiger partial charge in [-0.1, -0.05) is 41.6 Å². The number of hydrogen-bond donors (Lipinski definition) is 3. The number of carbonyl (C=O) groups excluding carboxylic acids is 1. The van der Waals surface area contributed by atoms with Crippen LogP contribution in [-0.2, 0) is 4.79 Å². The number of amides is 1. The highest BCUT2D eigenvalue weighted by atomic mass is 16.5. The van der Waals surface area contributed by atoms with E-state index in [1.165, 1.54) is 10.5 Å². The summed E-state index contributed by atoms with van der Waals surface area (Å²) in [5.74, 6) is 1.19. The summed E-state index contributed by atoms with van der Waals surface area (Å²) in [6.07, 6.45) is 4.43. The largest absolute Gasteiger partial charge is 0.360 e. The van der Waals surface area contributed by atoms with Crippen LogP contribution in [0, 0.1) is 6.92 Å². The molecular formula is C19H26N4O2+2. The Morgan fingerprint density at radius 1 is 1.20 bits per heavy atom. The number of hydrogen-bond acceptors (Lipinski definition) is 3. The summed E-state index contributed by atoms with van der Waals surface area (Å²) in [7, 11) is 0. The van der Waals surface area contributed by atoms with E-state index in [1.54, 1.807) is 11.0 Å². The molecule has 2 heterocycles. The molecule has 1 fully saturated rings. The van der Waals surface area contributed by atoms with Gasteiger partial charge in [0.2, 0.25) is 0 Å². The van der Waals surface area contributed by atoms with Gasteiger partial charge < -0.3 is 19.6 Å². The lowest BCUT2D eigenvalue weighted by Crippen LogP contribution is -3.28. The summed E-state index contributed by atoms with van der Waals surface area (Å²) < 4.78 is 4.96. The monoisotopic (exact) mass is 342 g/mol. The molecule has 1 saturated heterocycles. The van der Waals surface area contributed by atoms with Crippen molar-refractivity contribution in [2.75, 3.05) is 44.6 Å². The van der Waals surface area contributed by atoms with Crippen LogP contribution < -0.4 is 15.1 Å². The number of nitrogens with zero attached hydrogens (tertiary/aromatic N) is 1. The number of anilines is 1. The lowest BCUT2D eigenvalue weighted by atomic mass is 10.2. The Kier molecular flexibility index (Phi) is 5.98. The van der Waals surface area contributed by atoms with Crippen molar-refractivity contribution < 1.29 is 19.1 Å². The van der Waals surface area contributed by atoms with Gasteiger partial charge in [-0.25, -0.2) is 0 Å². The van der Waals surface area contributed by atoms with Crippen LogP contribution in [0.3, 0.4) is 0 Å². The highest BCUT2D eigenvalue weighted by Crippen LogP contribution is 2.05. The smallest absolute Gasteiger partial charge is 0.280 e. The average Bonchev–Trinajstić information content (AvgIpc) is 3.02. The Balaban J connectivity index is 1.37. The van der Waals surface area contributed by atoms with Crippen LogP contribution in [0.5, 0.6) is 0 Å². The fourth-order valence-corrected chi connectivity index (χ4v) is 3.10. The average molecular weight is 342 g/mol. The Morgan fingerprint density at radius 3 is 2.60 bits per heavy atom. The minimum atomic E-state index is -0.00396. The molecule has 0 radical (unpaired) electrons. The molecule has 1 aliphatic rings. The molecule has 0 saturated carbocycles. The van der Waals surface area contributed by atoms with E-state index in [2.05, 4.69) is 46.9 Å². The summed E-state index contributed by atoms with van der Waals surface area (Å²) in [6, 6.07) is 12.1. The number of benzene rings is 1. The second kappa shape index (κ2) is 8.60. The van der Waals surface area contributed by atoms with Gasteiger partial charge in [0, 0.05) is 6.07 Å². The summed E-state index contributed by atoms with van der Waals surface area (Å²) in [5, 5.41) is 6.58. The molecule has 1 aromatic carbocycles. The summed E-state index contributed by atoms with van der Waals surface area (Å²) in [6.45, 7) is 7.53. The highest BCUT2D eigenvalue weighted by molar-refractivity contribution is 5.90. The van der Waals surface area contributed by atoms with Crippen LogP contribution in [0.15, 0.2) is 47.0 Å². The Morgan fingerprint density at radius 2 is 1.92 bits per heavy atom. The lowest BCUT2D eigenvalue weighted by molar-refractivity contribution is -1.01. The first kappa shape index (κ1) is 17.4. The van der Waals surface area contributed by atoms with E-state index in [0.29, 0.717) is 18.1 Å². The zero-order valence-electron chi connectivity index (χ0n) is 14.6. The maximum absolute atomic E-state index is 12.1. The first-order valence-corrected chi connectivity index (χ1v) is 8.81. The van der Waals surface area contributed by atoms with Crippen molar-refractivity contribution in [3.63, 3.8) is 0 Å². The molecule has 1 aromatic heterocycles. The van der Waals surface area contributed by atoms with Gasteiger partial charge in [-0.2, -0.15) is 0 Å². The van der Waals surface area contributed by atoms with E-state index >= 15 is 0 Å². The van der Waals surface area contributed by atoms with Crippen LogP contribution in [-0.4, -0.2) is 50.3 Å². The third-order valence-electron chi connectivity index (χ3n) is 4.49. The number of rotatable bonds is 6. The molecule has 25 heavy (non-hydrogen) atoms. The van der Waals surface area contributed by atoms with Crippen molar-refractivity contribution in [1.29, 1.82) is 0 Å². The van der Waals surface area contributed by atoms with Crippen LogP contribution in [0.2, 0.25) is 0 Å². The van der Waals surface area contributed by atoms with Crippen molar-refractivity contribution in [2.45, 2.75) is 6.92 Å². The van der Waals surface area contributed by atoms with Crippen molar-refractivity contribution >= 4 is 17.8 Å². The second-order valence-corrected chi connectivity index (χ2v) is 6.56. The minimum absolute atomic E-state index is 0.00396. The van der Waals surface area contributed by atoms with Crippen LogP contribution in [0.1, 0.15) is 11.3 Å². The van der Waals surface area contributed by atoms with Crippen molar-refractivity contribution in [1.82, 2.24) is 5.16 Å². The van der Waals surface area contributed by atoms with Gasteiger partial charge >= 0.3 is 0 Å². The van der Waals surface area contributed by atoms with Gasteiger partial charge in [-0.3, -0.25) is 4.79 Å². The van der Waals surface area contributed by atoms with Crippen molar-refractivity contribution in [2.24, 2.45) is 0 Å². The zero-order valence-corrected chi connectivity index (χ0v) is 14.6. The molecule has 0 unspecified atom stereocenters. The molecule has 3 N–H and O–H groups in total. The molecule has 0 bridgehead atoms. The molecular weight excluding hydrogens is 316 g/mol. The molecule has 2 aromatic rings. The normalized spacial score (nSPS) is 20.7. The van der Waals surface area contributed by atoms with Gasteiger partial charge in [0.15, 0.2) is 12.4 Å². The number of piperazine rings is 1. The van der Waals surface area contributed by atoms with Gasteiger partial charge in [0.1, 0.15) is 31.9 Å². The third-order valence-corrected chi connectivity index (χ3v) is 4.49. The molecule has 0 spiro atoms. The van der Waals surface area contributed by atoms with Gasteiger partial charge in [-0.05, 0) is 18.6 Å². The van der Waals surface area contributed by atoms with E-state index in [1.807, 2.05) is 13.0 Å². The van der Waals surface area contributed by atoms with Gasteiger partial charge in [0.05, 0.1) is 6.54 Å². The fraction of sp³-hybridized carbons (Fsp3) is 0.368. The van der Waals surface area contributed by atoms with E-state index in [4.69, 9.17) is 4.52 Å². The maximum Gasteiger partial charge on any atom is 0.280 e. The molecule has 132 valence electrons. The first-order valence-electron chi connectivity index (χ1n) is 8.81. The van der Waals surface area contributed by atoms with Crippen LogP contribution in [0.4, 0.5) is 5.82 Å². The Bertz CT molecular complexity index is 703. The molecule has 1 aliphatic heterocycles. The standard InChI is InChI=1S/C19H24N4O2/c1-16-14-18(21-25-16)20-19(24)15-23-12-10-22(11-13-23)9-5-8-17-6-3-2-4-7-17/h2-8,14H,9-13,15H2,1H3,(H,20,21,24)/p+2/b8-5+. The van der Waals surface area contributed by atoms with E-state index in [0.717, 1.165) is 32.7 Å². The van der Waals surface area contributed by atoms with Crippen LogP contribution in [0.25, 0.3) is 6.08 Å². The lowest BCUT2D eigenvalue weighted by Gasteiger charge is -2.28. The first-order chi connectivity index (χ1) is 12.2. The SMILES string of the molecule is Cc1cc(NC(=O)C[NH+]2CC[NH+](C/C=C/c3ccccc3)CC2)no1. The summed E-state index contributed by atoms with van der Waals surface area (Å²) in [4.78, 5) is 15.0. The van der Waals surface area contributed by atoms with E-state index < -0.39 is 0 Å². The number of carbonyl (C=O) groups is 1. The van der Waals surface area contributed by atoms with E-state index in [-0.39, 0.29) is 5.91 Å². The van der Waals surface area contributed by atoms with Gasteiger partial charge in [-0.15, -0.1) is 0 Å². The predicted molar refractivity (Wildman–Crippen MR) is 96.5 cm³/mol. The predicted octanol–water partition coefficient (Wildman–Crippen LogP) is -0.582. The molecule has 6 nitrogen and oxygen atoms in total. The molecule has 0 atom stereocenters. The topological polar surface area (TPSA) is 64.0 Å². The minimum Gasteiger partial charge on any atom is -0.360 e. The molecule has 3 rings (SSSR count). The number of nitrogens with one attached hydrogen (secondary N) is 3. The van der Waals surface area contributed by atoms with E-state index in [9.17, 15) is 4.79 Å². The summed E-state index contributed by atoms with van der Waals surface area (Å²) >= 11 is 0. The number of aryl methyl sites for hydroxylation is 1.